The van der Waals surface area contributed by atoms with Gasteiger partial charge in [-0.1, -0.05) is 0 Å². The molecule has 0 saturated carbocycles. The average Bonchev–Trinajstić information content (AvgIpc) is 2.60. The summed E-state index contributed by atoms with van der Waals surface area (Å²) in [6.45, 7) is 0.132. The molecule has 0 heterocycles. The topological polar surface area (TPSA) is 266 Å². The van der Waals surface area contributed by atoms with Crippen molar-refractivity contribution in [1.82, 2.24) is 10.6 Å². The number of carboxylic acid groups (broad SMARTS) is 2. The molecule has 0 saturated heterocycles. The van der Waals surface area contributed by atoms with E-state index < -0.39 is 54.2 Å². The molecule has 29 heavy (non-hydrogen) atoms. The highest BCUT2D eigenvalue weighted by Crippen LogP contribution is 2.03. The largest absolute Gasteiger partial charge is 0.481 e. The van der Waals surface area contributed by atoms with Crippen molar-refractivity contribution in [1.29, 1.82) is 0 Å². The molecule has 0 rings (SSSR count). The van der Waals surface area contributed by atoms with Gasteiger partial charge in [-0.05, 0) is 19.3 Å². The third-order valence-corrected chi connectivity index (χ3v) is 3.61. The van der Waals surface area contributed by atoms with Crippen molar-refractivity contribution in [3.05, 3.63) is 0 Å². The van der Waals surface area contributed by atoms with Crippen LogP contribution in [-0.2, 0) is 24.0 Å². The van der Waals surface area contributed by atoms with E-state index in [1.54, 1.807) is 0 Å². The van der Waals surface area contributed by atoms with Gasteiger partial charge in [0.2, 0.25) is 17.7 Å². The molecular formula is C15H27N7O7. The third-order valence-electron chi connectivity index (χ3n) is 3.61. The molecular weight excluding hydrogens is 390 g/mol. The van der Waals surface area contributed by atoms with Gasteiger partial charge in [0.1, 0.15) is 12.1 Å². The lowest BCUT2D eigenvalue weighted by Gasteiger charge is -2.22. The van der Waals surface area contributed by atoms with E-state index in [0.29, 0.717) is 0 Å². The highest BCUT2D eigenvalue weighted by atomic mass is 16.4. The number of hydrogen-bond acceptors (Lipinski definition) is 7. The molecule has 0 aliphatic rings. The van der Waals surface area contributed by atoms with Crippen LogP contribution in [0.4, 0.5) is 0 Å². The number of aliphatic carboxylic acids is 2. The zero-order valence-electron chi connectivity index (χ0n) is 15.7. The lowest BCUT2D eigenvalue weighted by Crippen LogP contribution is -2.54. The summed E-state index contributed by atoms with van der Waals surface area (Å²) in [7, 11) is 0. The molecule has 0 aliphatic carbocycles. The minimum atomic E-state index is -1.69. The SMILES string of the molecule is NC(=O)CC[C@H](N)C(=O)N[C@@H](CCCN=C(N)N)C(=O)N[C@@H](CC(=O)O)C(=O)O. The zero-order chi connectivity index (χ0) is 22.6. The van der Waals surface area contributed by atoms with Crippen molar-refractivity contribution in [2.24, 2.45) is 27.9 Å². The summed E-state index contributed by atoms with van der Waals surface area (Å²) in [4.78, 5) is 61.0. The molecule has 0 unspecified atom stereocenters. The van der Waals surface area contributed by atoms with Crippen LogP contribution in [0, 0.1) is 0 Å². The van der Waals surface area contributed by atoms with Crippen LogP contribution in [0.3, 0.4) is 0 Å². The van der Waals surface area contributed by atoms with E-state index in [2.05, 4.69) is 15.6 Å². The molecule has 0 spiro atoms. The van der Waals surface area contributed by atoms with E-state index in [4.69, 9.17) is 33.1 Å². The van der Waals surface area contributed by atoms with Gasteiger partial charge >= 0.3 is 11.9 Å². The van der Waals surface area contributed by atoms with Crippen LogP contribution in [0.15, 0.2) is 4.99 Å². The number of aliphatic imine (C=N–C) groups is 1. The van der Waals surface area contributed by atoms with Gasteiger partial charge in [-0.2, -0.15) is 0 Å². The fourth-order valence-electron chi connectivity index (χ4n) is 2.13. The van der Waals surface area contributed by atoms with Crippen molar-refractivity contribution >= 4 is 35.6 Å². The van der Waals surface area contributed by atoms with E-state index in [1.807, 2.05) is 0 Å². The first-order valence-electron chi connectivity index (χ1n) is 8.58. The first-order chi connectivity index (χ1) is 13.4. The second-order valence-electron chi connectivity index (χ2n) is 6.12. The van der Waals surface area contributed by atoms with E-state index in [0.717, 1.165) is 0 Å². The van der Waals surface area contributed by atoms with E-state index in [9.17, 15) is 24.0 Å². The van der Waals surface area contributed by atoms with Gasteiger partial charge in [-0.15, -0.1) is 0 Å². The molecule has 0 aliphatic heterocycles. The van der Waals surface area contributed by atoms with Crippen molar-refractivity contribution in [3.63, 3.8) is 0 Å². The summed E-state index contributed by atoms with van der Waals surface area (Å²) in [6, 6.07) is -4.06. The van der Waals surface area contributed by atoms with Crippen LogP contribution in [0.25, 0.3) is 0 Å². The van der Waals surface area contributed by atoms with Gasteiger partial charge in [0, 0.05) is 13.0 Å². The Bertz CT molecular complexity index is 649. The van der Waals surface area contributed by atoms with Crippen LogP contribution in [-0.4, -0.2) is 70.5 Å². The minimum absolute atomic E-state index is 0.0102. The minimum Gasteiger partial charge on any atom is -0.481 e. The molecule has 0 fully saturated rings. The molecule has 3 amide bonds. The summed E-state index contributed by atoms with van der Waals surface area (Å²) < 4.78 is 0. The number of nitrogens with zero attached hydrogens (tertiary/aromatic N) is 1. The van der Waals surface area contributed by atoms with Gasteiger partial charge in [-0.25, -0.2) is 4.79 Å². The number of carboxylic acids is 2. The average molecular weight is 417 g/mol. The molecule has 0 aromatic heterocycles. The van der Waals surface area contributed by atoms with Crippen LogP contribution in [0.1, 0.15) is 32.1 Å². The Morgan fingerprint density at radius 1 is 0.897 bits per heavy atom. The van der Waals surface area contributed by atoms with Gasteiger partial charge < -0.3 is 43.8 Å². The van der Waals surface area contributed by atoms with Crippen molar-refractivity contribution in [2.75, 3.05) is 6.54 Å². The Balaban J connectivity index is 5.14. The van der Waals surface area contributed by atoms with E-state index >= 15 is 0 Å². The Hall–Kier alpha value is -3.42. The normalized spacial score (nSPS) is 13.4. The second-order valence-corrected chi connectivity index (χ2v) is 6.12. The van der Waals surface area contributed by atoms with Gasteiger partial charge in [-0.3, -0.25) is 24.2 Å². The van der Waals surface area contributed by atoms with Gasteiger partial charge in [0.05, 0.1) is 12.5 Å². The summed E-state index contributed by atoms with van der Waals surface area (Å²) in [5, 5.41) is 22.2. The smallest absolute Gasteiger partial charge is 0.326 e. The quantitative estimate of drug-likeness (QED) is 0.0774. The lowest BCUT2D eigenvalue weighted by atomic mass is 10.1. The maximum Gasteiger partial charge on any atom is 0.326 e. The standard InChI is InChI=1S/C15H27N7O7/c16-7(3-4-10(17)23)12(26)21-8(2-1-5-20-15(18)19)13(27)22-9(14(28)29)6-11(24)25/h7-9H,1-6,16H2,(H2,17,23)(H,21,26)(H,22,27)(H,24,25)(H,28,29)(H4,18,19,20)/t7-,8-,9-/m0/s1. The lowest BCUT2D eigenvalue weighted by molar-refractivity contribution is -0.147. The predicted octanol–water partition coefficient (Wildman–Crippen LogP) is -3.84. The van der Waals surface area contributed by atoms with Crippen LogP contribution in [0.5, 0.6) is 0 Å². The summed E-state index contributed by atoms with van der Waals surface area (Å²) in [5.74, 6) is -5.49. The molecule has 164 valence electrons. The number of amides is 3. The van der Waals surface area contributed by atoms with Crippen LogP contribution in [0.2, 0.25) is 0 Å². The molecule has 0 radical (unpaired) electrons. The maximum atomic E-state index is 12.4. The number of rotatable bonds is 14. The number of nitrogens with one attached hydrogen (secondary N) is 2. The summed E-state index contributed by atoms with van der Waals surface area (Å²) in [6.07, 6.45) is -0.802. The number of guanidine groups is 1. The van der Waals surface area contributed by atoms with Crippen molar-refractivity contribution in [3.8, 4) is 0 Å². The van der Waals surface area contributed by atoms with Gasteiger partial charge in [0.15, 0.2) is 5.96 Å². The molecule has 14 nitrogen and oxygen atoms in total. The Morgan fingerprint density at radius 3 is 1.97 bits per heavy atom. The molecule has 3 atom stereocenters. The van der Waals surface area contributed by atoms with Crippen molar-refractivity contribution < 1.29 is 34.2 Å². The number of hydrogen-bond donors (Lipinski definition) is 8. The summed E-state index contributed by atoms with van der Waals surface area (Å²) in [5.41, 5.74) is 21.0. The molecule has 0 aromatic rings. The number of carbonyl (C=O) groups is 5. The molecule has 14 heteroatoms. The fraction of sp³-hybridized carbons (Fsp3) is 0.600. The highest BCUT2D eigenvalue weighted by molar-refractivity contribution is 5.92. The number of primary amides is 1. The van der Waals surface area contributed by atoms with E-state index in [-0.39, 0.29) is 38.2 Å². The first-order valence-corrected chi connectivity index (χ1v) is 8.58. The van der Waals surface area contributed by atoms with Crippen LogP contribution >= 0.6 is 0 Å². The molecule has 12 N–H and O–H groups in total. The highest BCUT2D eigenvalue weighted by Gasteiger charge is 2.29. The maximum absolute atomic E-state index is 12.4. The Labute approximate surface area is 166 Å². The number of carbonyl (C=O) groups excluding carboxylic acids is 3. The Kier molecular flexibility index (Phi) is 11.4. The Morgan fingerprint density at radius 2 is 1.48 bits per heavy atom. The predicted molar refractivity (Wildman–Crippen MR) is 100 cm³/mol. The third kappa shape index (κ3) is 11.8. The van der Waals surface area contributed by atoms with Crippen LogP contribution < -0.4 is 33.6 Å². The summed E-state index contributed by atoms with van der Waals surface area (Å²) >= 11 is 0. The van der Waals surface area contributed by atoms with Crippen molar-refractivity contribution in [2.45, 2.75) is 50.2 Å². The van der Waals surface area contributed by atoms with E-state index in [1.165, 1.54) is 0 Å². The number of nitrogens with two attached hydrogens (primary N) is 4. The molecule has 0 bridgehead atoms. The fourth-order valence-corrected chi connectivity index (χ4v) is 2.13. The monoisotopic (exact) mass is 417 g/mol. The van der Waals surface area contributed by atoms with Gasteiger partial charge in [0.25, 0.3) is 0 Å². The first kappa shape index (κ1) is 25.6. The molecule has 0 aromatic carbocycles. The zero-order valence-corrected chi connectivity index (χ0v) is 15.7. The second kappa shape index (κ2) is 12.9.